The maximum Gasteiger partial charge on any atom is 0.0730 e. The molecule has 1 aromatic rings. The van der Waals surface area contributed by atoms with Gasteiger partial charge < -0.3 is 10.8 Å². The highest BCUT2D eigenvalue weighted by Gasteiger charge is 2.13. The number of aliphatic hydroxyl groups excluding tert-OH is 1. The molecule has 0 radical (unpaired) electrons. The molecule has 0 unspecified atom stereocenters. The van der Waals surface area contributed by atoms with Gasteiger partial charge in [-0.05, 0) is 24.1 Å². The molecule has 0 saturated heterocycles. The van der Waals surface area contributed by atoms with Crippen LogP contribution < -0.4 is 5.73 Å². The lowest BCUT2D eigenvalue weighted by Crippen LogP contribution is -2.25. The lowest BCUT2D eigenvalue weighted by molar-refractivity contribution is 0.140. The third-order valence-corrected chi connectivity index (χ3v) is 2.34. The molecule has 0 aliphatic rings. The van der Waals surface area contributed by atoms with Gasteiger partial charge in [0, 0.05) is 5.02 Å². The normalized spacial score (nSPS) is 14.3. The Morgan fingerprint density at radius 3 is 2.29 bits per heavy atom. The summed E-state index contributed by atoms with van der Waals surface area (Å²) in [6.07, 6.45) is 0.172. The maximum absolute atomic E-state index is 9.49. The number of hydrogen-bond donors (Lipinski definition) is 2. The molecule has 2 atom stereocenters. The number of halogens is 2. The van der Waals surface area contributed by atoms with Gasteiger partial charge in [0.15, 0.2) is 0 Å². The summed E-state index contributed by atoms with van der Waals surface area (Å²) < 4.78 is 0. The molecule has 80 valence electrons. The van der Waals surface area contributed by atoms with E-state index in [-0.39, 0.29) is 18.4 Å². The van der Waals surface area contributed by atoms with Crippen LogP contribution in [0, 0.1) is 0 Å². The van der Waals surface area contributed by atoms with Crippen molar-refractivity contribution in [1.29, 1.82) is 0 Å². The molecule has 1 rings (SSSR count). The minimum absolute atomic E-state index is 0. The van der Waals surface area contributed by atoms with E-state index < -0.39 is 6.10 Å². The first-order valence-corrected chi connectivity index (χ1v) is 4.72. The third-order valence-electron chi connectivity index (χ3n) is 2.09. The van der Waals surface area contributed by atoms with Gasteiger partial charge in [-0.15, -0.1) is 12.4 Å². The average Bonchev–Trinajstić information content (AvgIpc) is 2.17. The van der Waals surface area contributed by atoms with E-state index in [1.807, 2.05) is 19.1 Å². The van der Waals surface area contributed by atoms with Crippen molar-refractivity contribution in [3.8, 4) is 0 Å². The highest BCUT2D eigenvalue weighted by Crippen LogP contribution is 2.18. The Morgan fingerprint density at radius 1 is 1.36 bits per heavy atom. The van der Waals surface area contributed by atoms with Crippen LogP contribution in [0.2, 0.25) is 5.02 Å². The zero-order valence-electron chi connectivity index (χ0n) is 7.98. The average molecular weight is 236 g/mol. The van der Waals surface area contributed by atoms with Crippen LogP contribution in [0.25, 0.3) is 0 Å². The Hall–Kier alpha value is -0.280. The van der Waals surface area contributed by atoms with Crippen LogP contribution in [0.3, 0.4) is 0 Å². The first kappa shape index (κ1) is 13.7. The molecule has 0 aliphatic heterocycles. The van der Waals surface area contributed by atoms with Crippen LogP contribution in [0.15, 0.2) is 24.3 Å². The minimum atomic E-state index is -0.485. The standard InChI is InChI=1S/C10H14ClNO.ClH/c1-2-9(13)10(12)7-3-5-8(11)6-4-7;/h3-6,9-10,13H,2,12H2,1H3;1H/t9-,10+;/m1./s1. The van der Waals surface area contributed by atoms with E-state index in [2.05, 4.69) is 0 Å². The van der Waals surface area contributed by atoms with Crippen LogP contribution in [0.5, 0.6) is 0 Å². The molecule has 0 aliphatic carbocycles. The molecule has 0 aromatic heterocycles. The topological polar surface area (TPSA) is 46.2 Å². The van der Waals surface area contributed by atoms with Crippen molar-refractivity contribution in [3.63, 3.8) is 0 Å². The number of benzene rings is 1. The summed E-state index contributed by atoms with van der Waals surface area (Å²) in [7, 11) is 0. The van der Waals surface area contributed by atoms with E-state index in [1.165, 1.54) is 0 Å². The summed E-state index contributed by atoms with van der Waals surface area (Å²) in [5, 5.41) is 10.2. The quantitative estimate of drug-likeness (QED) is 0.847. The number of nitrogens with two attached hydrogens (primary N) is 1. The van der Waals surface area contributed by atoms with E-state index in [9.17, 15) is 5.11 Å². The van der Waals surface area contributed by atoms with Crippen LogP contribution in [0.1, 0.15) is 24.9 Å². The fourth-order valence-corrected chi connectivity index (χ4v) is 1.29. The van der Waals surface area contributed by atoms with Gasteiger partial charge in [-0.25, -0.2) is 0 Å². The molecule has 0 bridgehead atoms. The van der Waals surface area contributed by atoms with Crippen molar-refractivity contribution >= 4 is 24.0 Å². The molecule has 0 heterocycles. The first-order chi connectivity index (χ1) is 6.15. The Labute approximate surface area is 95.5 Å². The molecule has 14 heavy (non-hydrogen) atoms. The zero-order valence-corrected chi connectivity index (χ0v) is 9.55. The van der Waals surface area contributed by atoms with Crippen LogP contribution >= 0.6 is 24.0 Å². The van der Waals surface area contributed by atoms with Crippen molar-refractivity contribution in [1.82, 2.24) is 0 Å². The molecule has 0 amide bonds. The van der Waals surface area contributed by atoms with Crippen LogP contribution in [0.4, 0.5) is 0 Å². The fraction of sp³-hybridized carbons (Fsp3) is 0.400. The molecular weight excluding hydrogens is 221 g/mol. The number of hydrogen-bond acceptors (Lipinski definition) is 2. The zero-order chi connectivity index (χ0) is 9.84. The molecule has 1 aromatic carbocycles. The van der Waals surface area contributed by atoms with Gasteiger partial charge in [-0.2, -0.15) is 0 Å². The second-order valence-corrected chi connectivity index (χ2v) is 3.49. The SMILES string of the molecule is CC[C@@H](O)[C@@H](N)c1ccc(Cl)cc1.Cl. The summed E-state index contributed by atoms with van der Waals surface area (Å²) in [5.74, 6) is 0. The van der Waals surface area contributed by atoms with Gasteiger partial charge >= 0.3 is 0 Å². The van der Waals surface area contributed by atoms with Crippen molar-refractivity contribution in [2.45, 2.75) is 25.5 Å². The van der Waals surface area contributed by atoms with Gasteiger partial charge in [-0.1, -0.05) is 30.7 Å². The van der Waals surface area contributed by atoms with Crippen LogP contribution in [-0.2, 0) is 0 Å². The van der Waals surface area contributed by atoms with Gasteiger partial charge in [0.25, 0.3) is 0 Å². The predicted molar refractivity (Wildman–Crippen MR) is 61.9 cm³/mol. The number of rotatable bonds is 3. The Morgan fingerprint density at radius 2 is 1.86 bits per heavy atom. The summed E-state index contributed by atoms with van der Waals surface area (Å²) in [6.45, 7) is 1.90. The van der Waals surface area contributed by atoms with E-state index in [0.29, 0.717) is 11.4 Å². The molecule has 2 nitrogen and oxygen atoms in total. The van der Waals surface area contributed by atoms with E-state index in [0.717, 1.165) is 5.56 Å². The first-order valence-electron chi connectivity index (χ1n) is 4.34. The van der Waals surface area contributed by atoms with Gasteiger partial charge in [-0.3, -0.25) is 0 Å². The molecule has 4 heteroatoms. The Bertz CT molecular complexity index is 263. The largest absolute Gasteiger partial charge is 0.391 e. The van der Waals surface area contributed by atoms with E-state index in [1.54, 1.807) is 12.1 Å². The molecular formula is C10H15Cl2NO. The minimum Gasteiger partial charge on any atom is -0.391 e. The molecule has 0 saturated carbocycles. The Balaban J connectivity index is 0.00000169. The molecule has 0 fully saturated rings. The lowest BCUT2D eigenvalue weighted by atomic mass is 10.0. The van der Waals surface area contributed by atoms with E-state index in [4.69, 9.17) is 17.3 Å². The molecule has 3 N–H and O–H groups in total. The lowest BCUT2D eigenvalue weighted by Gasteiger charge is -2.17. The third kappa shape index (κ3) is 3.46. The highest BCUT2D eigenvalue weighted by atomic mass is 35.5. The summed E-state index contributed by atoms with van der Waals surface area (Å²) in [5.41, 5.74) is 6.72. The fourth-order valence-electron chi connectivity index (χ4n) is 1.16. The van der Waals surface area contributed by atoms with Crippen molar-refractivity contribution in [2.75, 3.05) is 0 Å². The van der Waals surface area contributed by atoms with Gasteiger partial charge in [0.2, 0.25) is 0 Å². The van der Waals surface area contributed by atoms with Crippen molar-refractivity contribution < 1.29 is 5.11 Å². The highest BCUT2D eigenvalue weighted by molar-refractivity contribution is 6.30. The summed E-state index contributed by atoms with van der Waals surface area (Å²) in [6, 6.07) is 6.91. The summed E-state index contributed by atoms with van der Waals surface area (Å²) in [4.78, 5) is 0. The smallest absolute Gasteiger partial charge is 0.0730 e. The Kier molecular flexibility index (Phi) is 6.12. The van der Waals surface area contributed by atoms with Crippen molar-refractivity contribution in [3.05, 3.63) is 34.9 Å². The van der Waals surface area contributed by atoms with Gasteiger partial charge in [0.05, 0.1) is 12.1 Å². The molecule has 0 spiro atoms. The van der Waals surface area contributed by atoms with Crippen LogP contribution in [-0.4, -0.2) is 11.2 Å². The van der Waals surface area contributed by atoms with E-state index >= 15 is 0 Å². The summed E-state index contributed by atoms with van der Waals surface area (Å²) >= 11 is 5.73. The van der Waals surface area contributed by atoms with Gasteiger partial charge in [0.1, 0.15) is 0 Å². The predicted octanol–water partition coefficient (Wildman–Crippen LogP) is 2.53. The monoisotopic (exact) mass is 235 g/mol. The number of aliphatic hydroxyl groups is 1. The van der Waals surface area contributed by atoms with Crippen molar-refractivity contribution in [2.24, 2.45) is 5.73 Å². The second-order valence-electron chi connectivity index (χ2n) is 3.05. The second kappa shape index (κ2) is 6.25. The maximum atomic E-state index is 9.49.